The fourth-order valence-corrected chi connectivity index (χ4v) is 3.59. The van der Waals surface area contributed by atoms with Crippen molar-refractivity contribution in [1.29, 1.82) is 0 Å². The molecule has 25 heavy (non-hydrogen) atoms. The molecule has 0 fully saturated rings. The summed E-state index contributed by atoms with van der Waals surface area (Å²) in [6, 6.07) is 11.8. The number of aromatic amines is 1. The first-order chi connectivity index (χ1) is 11.9. The highest BCUT2D eigenvalue weighted by molar-refractivity contribution is 5.76. The van der Waals surface area contributed by atoms with Crippen LogP contribution in [0.5, 0.6) is 0 Å². The predicted molar refractivity (Wildman–Crippen MR) is 99.4 cm³/mol. The Morgan fingerprint density at radius 2 is 2.04 bits per heavy atom. The van der Waals surface area contributed by atoms with E-state index in [0.717, 1.165) is 24.8 Å². The van der Waals surface area contributed by atoms with Gasteiger partial charge in [-0.25, -0.2) is 0 Å². The SMILES string of the molecule is CC1(C)CCc2ccccc2[C@H](NC(=O)CCc2ccc(=O)[nH]c2)C1. The van der Waals surface area contributed by atoms with Crippen molar-refractivity contribution in [2.45, 2.75) is 52.0 Å². The van der Waals surface area contributed by atoms with Gasteiger partial charge in [-0.1, -0.05) is 44.2 Å². The van der Waals surface area contributed by atoms with Gasteiger partial charge >= 0.3 is 0 Å². The molecular weight excluding hydrogens is 312 g/mol. The zero-order valence-electron chi connectivity index (χ0n) is 15.0. The van der Waals surface area contributed by atoms with Crippen molar-refractivity contribution in [3.8, 4) is 0 Å². The zero-order valence-corrected chi connectivity index (χ0v) is 15.0. The highest BCUT2D eigenvalue weighted by Crippen LogP contribution is 2.39. The third-order valence-electron chi connectivity index (χ3n) is 5.08. The summed E-state index contributed by atoms with van der Waals surface area (Å²) in [4.78, 5) is 26.2. The molecule has 1 aromatic heterocycles. The number of nitrogens with one attached hydrogen (secondary N) is 2. The zero-order chi connectivity index (χ0) is 17.9. The second-order valence-electron chi connectivity index (χ2n) is 7.75. The standard InChI is InChI=1S/C21H26N2O2/c1-21(2)12-11-16-5-3-4-6-17(16)18(13-21)23-20(25)10-8-15-7-9-19(24)22-14-15/h3-7,9,14,18H,8,10-13H2,1-2H3,(H,22,24)(H,23,25)/t18-/m1/s1. The summed E-state index contributed by atoms with van der Waals surface area (Å²) < 4.78 is 0. The van der Waals surface area contributed by atoms with Crippen molar-refractivity contribution < 1.29 is 4.79 Å². The molecule has 0 saturated carbocycles. The van der Waals surface area contributed by atoms with E-state index < -0.39 is 0 Å². The van der Waals surface area contributed by atoms with Gasteiger partial charge in [-0.3, -0.25) is 9.59 Å². The fraction of sp³-hybridized carbons (Fsp3) is 0.429. The summed E-state index contributed by atoms with van der Waals surface area (Å²) in [6.07, 6.45) is 5.88. The van der Waals surface area contributed by atoms with Crippen LogP contribution in [0.3, 0.4) is 0 Å². The van der Waals surface area contributed by atoms with Crippen molar-refractivity contribution in [3.05, 3.63) is 69.6 Å². The van der Waals surface area contributed by atoms with Crippen LogP contribution in [-0.4, -0.2) is 10.9 Å². The van der Waals surface area contributed by atoms with Crippen LogP contribution in [0.25, 0.3) is 0 Å². The molecule has 1 atom stereocenters. The maximum atomic E-state index is 12.5. The molecule has 2 N–H and O–H groups in total. The van der Waals surface area contributed by atoms with Gasteiger partial charge in [-0.15, -0.1) is 0 Å². The van der Waals surface area contributed by atoms with E-state index in [1.54, 1.807) is 12.3 Å². The second kappa shape index (κ2) is 7.26. The number of carbonyl (C=O) groups excluding carboxylic acids is 1. The number of carbonyl (C=O) groups is 1. The van der Waals surface area contributed by atoms with Crippen LogP contribution in [0, 0.1) is 5.41 Å². The number of fused-ring (bicyclic) bond motifs is 1. The Bertz CT molecular complexity index is 787. The summed E-state index contributed by atoms with van der Waals surface area (Å²) in [5, 5.41) is 3.24. The minimum absolute atomic E-state index is 0.0590. The van der Waals surface area contributed by atoms with Crippen LogP contribution < -0.4 is 10.9 Å². The molecule has 2 aromatic rings. The third-order valence-corrected chi connectivity index (χ3v) is 5.08. The Morgan fingerprint density at radius 1 is 1.24 bits per heavy atom. The minimum Gasteiger partial charge on any atom is -0.349 e. The Morgan fingerprint density at radius 3 is 2.80 bits per heavy atom. The van der Waals surface area contributed by atoms with Crippen LogP contribution >= 0.6 is 0 Å². The van der Waals surface area contributed by atoms with Crippen LogP contribution in [0.1, 0.15) is 55.8 Å². The van der Waals surface area contributed by atoms with Gasteiger partial charge in [0.1, 0.15) is 0 Å². The molecule has 4 heteroatoms. The Kier molecular flexibility index (Phi) is 5.07. The van der Waals surface area contributed by atoms with E-state index >= 15 is 0 Å². The van der Waals surface area contributed by atoms with E-state index in [4.69, 9.17) is 0 Å². The van der Waals surface area contributed by atoms with E-state index in [2.05, 4.69) is 48.4 Å². The summed E-state index contributed by atoms with van der Waals surface area (Å²) in [5.74, 6) is 0.0590. The predicted octanol–water partition coefficient (Wildman–Crippen LogP) is 3.53. The topological polar surface area (TPSA) is 62.0 Å². The molecule has 1 aromatic carbocycles. The summed E-state index contributed by atoms with van der Waals surface area (Å²) in [7, 11) is 0. The average Bonchev–Trinajstić information content (AvgIpc) is 2.71. The van der Waals surface area contributed by atoms with Crippen molar-refractivity contribution in [3.63, 3.8) is 0 Å². The van der Waals surface area contributed by atoms with Gasteiger partial charge in [-0.2, -0.15) is 0 Å². The van der Waals surface area contributed by atoms with Crippen LogP contribution in [-0.2, 0) is 17.6 Å². The summed E-state index contributed by atoms with van der Waals surface area (Å²) in [6.45, 7) is 4.55. The van der Waals surface area contributed by atoms with Crippen LogP contribution in [0.2, 0.25) is 0 Å². The van der Waals surface area contributed by atoms with E-state index in [1.165, 1.54) is 17.2 Å². The average molecular weight is 338 g/mol. The molecule has 4 nitrogen and oxygen atoms in total. The smallest absolute Gasteiger partial charge is 0.247 e. The lowest BCUT2D eigenvalue weighted by atomic mass is 9.83. The lowest BCUT2D eigenvalue weighted by Crippen LogP contribution is -2.31. The number of amides is 1. The van der Waals surface area contributed by atoms with Crippen molar-refractivity contribution in [1.82, 2.24) is 10.3 Å². The quantitative estimate of drug-likeness (QED) is 0.838. The third kappa shape index (κ3) is 4.59. The highest BCUT2D eigenvalue weighted by Gasteiger charge is 2.30. The molecule has 1 heterocycles. The highest BCUT2D eigenvalue weighted by atomic mass is 16.1. The van der Waals surface area contributed by atoms with Crippen molar-refractivity contribution in [2.75, 3.05) is 0 Å². The first kappa shape index (κ1) is 17.5. The number of hydrogen-bond acceptors (Lipinski definition) is 2. The van der Waals surface area contributed by atoms with E-state index in [9.17, 15) is 9.59 Å². The monoisotopic (exact) mass is 338 g/mol. The molecule has 1 amide bonds. The lowest BCUT2D eigenvalue weighted by molar-refractivity contribution is -0.122. The van der Waals surface area contributed by atoms with E-state index in [-0.39, 0.29) is 22.9 Å². The minimum atomic E-state index is -0.120. The van der Waals surface area contributed by atoms with Gasteiger partial charge in [0.25, 0.3) is 0 Å². The van der Waals surface area contributed by atoms with Crippen LogP contribution in [0.4, 0.5) is 0 Å². The molecule has 0 unspecified atom stereocenters. The largest absolute Gasteiger partial charge is 0.349 e. The summed E-state index contributed by atoms with van der Waals surface area (Å²) in [5.41, 5.74) is 3.65. The molecular formula is C21H26N2O2. The van der Waals surface area contributed by atoms with Crippen LogP contribution in [0.15, 0.2) is 47.4 Å². The molecule has 0 saturated heterocycles. The maximum Gasteiger partial charge on any atom is 0.247 e. The van der Waals surface area contributed by atoms with Crippen molar-refractivity contribution >= 4 is 5.91 Å². The van der Waals surface area contributed by atoms with Crippen molar-refractivity contribution in [2.24, 2.45) is 5.41 Å². The van der Waals surface area contributed by atoms with Gasteiger partial charge in [-0.05, 0) is 47.8 Å². The van der Waals surface area contributed by atoms with Gasteiger partial charge in [0.15, 0.2) is 0 Å². The number of pyridine rings is 1. The molecule has 132 valence electrons. The fourth-order valence-electron chi connectivity index (χ4n) is 3.59. The number of H-pyrrole nitrogens is 1. The lowest BCUT2D eigenvalue weighted by Gasteiger charge is -2.27. The molecule has 0 radical (unpaired) electrons. The summed E-state index contributed by atoms with van der Waals surface area (Å²) >= 11 is 0. The molecule has 3 rings (SSSR count). The number of benzene rings is 1. The van der Waals surface area contributed by atoms with Gasteiger partial charge in [0.05, 0.1) is 6.04 Å². The number of hydrogen-bond donors (Lipinski definition) is 2. The normalized spacial score (nSPS) is 18.9. The second-order valence-corrected chi connectivity index (χ2v) is 7.75. The Hall–Kier alpha value is -2.36. The maximum absolute atomic E-state index is 12.5. The first-order valence-electron chi connectivity index (χ1n) is 8.98. The van der Waals surface area contributed by atoms with E-state index in [0.29, 0.717) is 12.8 Å². The Balaban J connectivity index is 1.68. The van der Waals surface area contributed by atoms with E-state index in [1.807, 2.05) is 0 Å². The molecule has 1 aliphatic carbocycles. The Labute approximate surface area is 148 Å². The van der Waals surface area contributed by atoms with Gasteiger partial charge < -0.3 is 10.3 Å². The number of aryl methyl sites for hydroxylation is 2. The van der Waals surface area contributed by atoms with Gasteiger partial charge in [0.2, 0.25) is 11.5 Å². The van der Waals surface area contributed by atoms with Gasteiger partial charge in [0, 0.05) is 18.7 Å². The molecule has 1 aliphatic rings. The number of rotatable bonds is 4. The molecule has 0 bridgehead atoms. The number of aromatic nitrogens is 1. The first-order valence-corrected chi connectivity index (χ1v) is 8.98. The molecule has 0 spiro atoms. The molecule has 0 aliphatic heterocycles.